The van der Waals surface area contributed by atoms with Gasteiger partial charge in [0.15, 0.2) is 0 Å². The molecule has 0 amide bonds. The van der Waals surface area contributed by atoms with Crippen LogP contribution in [0.4, 0.5) is 5.69 Å². The van der Waals surface area contributed by atoms with Crippen molar-refractivity contribution in [3.63, 3.8) is 0 Å². The molecule has 0 spiro atoms. The molecule has 3 rings (SSSR count). The predicted octanol–water partition coefficient (Wildman–Crippen LogP) is 4.32. The van der Waals surface area contributed by atoms with Crippen molar-refractivity contribution in [1.82, 2.24) is 9.97 Å². The van der Waals surface area contributed by atoms with Gasteiger partial charge in [0, 0.05) is 18.0 Å². The first-order chi connectivity index (χ1) is 12.1. The molecule has 0 saturated carbocycles. The van der Waals surface area contributed by atoms with Crippen molar-refractivity contribution in [2.24, 2.45) is 4.99 Å². The molecule has 1 aromatic heterocycles. The number of aliphatic imine (C=N–C) groups is 1. The van der Waals surface area contributed by atoms with Crippen LogP contribution in [0, 0.1) is 6.92 Å². The van der Waals surface area contributed by atoms with Crippen LogP contribution in [0.5, 0.6) is 5.75 Å². The molecular weight excluding hydrogens is 326 g/mol. The number of nitrogens with zero attached hydrogens (tertiary/aromatic N) is 3. The van der Waals surface area contributed by atoms with E-state index in [0.717, 1.165) is 34.0 Å². The Morgan fingerprint density at radius 3 is 2.48 bits per heavy atom. The van der Waals surface area contributed by atoms with Crippen molar-refractivity contribution < 1.29 is 4.43 Å². The molecule has 0 radical (unpaired) electrons. The van der Waals surface area contributed by atoms with Crippen LogP contribution in [0.15, 0.2) is 72.1 Å². The molecule has 0 saturated heterocycles. The van der Waals surface area contributed by atoms with Crippen LogP contribution in [-0.2, 0) is 0 Å². The Morgan fingerprint density at radius 1 is 1.00 bits per heavy atom. The van der Waals surface area contributed by atoms with Crippen molar-refractivity contribution in [3.8, 4) is 5.75 Å². The first-order valence-corrected chi connectivity index (χ1v) is 11.1. The number of aromatic nitrogens is 2. The van der Waals surface area contributed by atoms with Gasteiger partial charge in [-0.25, -0.2) is 4.99 Å². The zero-order chi connectivity index (χ0) is 17.6. The Balaban J connectivity index is 2.16. The largest absolute Gasteiger partial charge is 0.545 e. The molecule has 4 nitrogen and oxygen atoms in total. The molecular formula is C20H21N3OSi. The molecule has 0 unspecified atom stereocenters. The summed E-state index contributed by atoms with van der Waals surface area (Å²) in [4.78, 5) is 13.6. The Kier molecular flexibility index (Phi) is 5.35. The van der Waals surface area contributed by atoms with E-state index < -0.39 is 9.04 Å². The Morgan fingerprint density at radius 2 is 1.80 bits per heavy atom. The van der Waals surface area contributed by atoms with Crippen molar-refractivity contribution in [1.29, 1.82) is 0 Å². The van der Waals surface area contributed by atoms with Crippen molar-refractivity contribution in [3.05, 3.63) is 83.9 Å². The van der Waals surface area contributed by atoms with Crippen LogP contribution in [0.3, 0.4) is 0 Å². The fraction of sp³-hybridized carbons (Fsp3) is 0.150. The highest BCUT2D eigenvalue weighted by Gasteiger charge is 2.13. The summed E-state index contributed by atoms with van der Waals surface area (Å²) in [5, 5.41) is 0. The van der Waals surface area contributed by atoms with E-state index in [4.69, 9.17) is 9.42 Å². The number of para-hydroxylation sites is 1. The second-order valence-corrected chi connectivity index (χ2v) is 8.34. The Hall–Kier alpha value is -2.79. The van der Waals surface area contributed by atoms with Crippen LogP contribution in [-0.4, -0.2) is 24.7 Å². The van der Waals surface area contributed by atoms with Gasteiger partial charge in [0.25, 0.3) is 0 Å². The predicted molar refractivity (Wildman–Crippen MR) is 104 cm³/mol. The normalized spacial score (nSPS) is 11.6. The van der Waals surface area contributed by atoms with Crippen molar-refractivity contribution in [2.75, 3.05) is 0 Å². The third-order valence-corrected chi connectivity index (χ3v) is 4.34. The van der Waals surface area contributed by atoms with Gasteiger partial charge >= 0.3 is 0 Å². The van der Waals surface area contributed by atoms with Gasteiger partial charge in [0.2, 0.25) is 9.04 Å². The highest BCUT2D eigenvalue weighted by Crippen LogP contribution is 2.32. The highest BCUT2D eigenvalue weighted by atomic mass is 28.3. The summed E-state index contributed by atoms with van der Waals surface area (Å²) in [6, 6.07) is 16.1. The summed E-state index contributed by atoms with van der Waals surface area (Å²) >= 11 is 0. The third-order valence-electron chi connectivity index (χ3n) is 3.63. The van der Waals surface area contributed by atoms with E-state index in [2.05, 4.69) is 36.1 Å². The zero-order valence-corrected chi connectivity index (χ0v) is 15.8. The van der Waals surface area contributed by atoms with E-state index in [0.29, 0.717) is 0 Å². The van der Waals surface area contributed by atoms with Crippen molar-refractivity contribution >= 4 is 20.4 Å². The Labute approximate surface area is 150 Å². The first-order valence-electron chi connectivity index (χ1n) is 8.32. The van der Waals surface area contributed by atoms with Gasteiger partial charge in [0.1, 0.15) is 17.1 Å². The summed E-state index contributed by atoms with van der Waals surface area (Å²) in [7, 11) is -1.24. The minimum atomic E-state index is -1.24. The van der Waals surface area contributed by atoms with E-state index in [-0.39, 0.29) is 0 Å². The average molecular weight is 347 g/mol. The zero-order valence-electron chi connectivity index (χ0n) is 14.7. The SMILES string of the molecule is Cc1cccc(N=C(c2ccccc2)c2cnccn2)c1O[SiH](C)C. The fourth-order valence-electron chi connectivity index (χ4n) is 2.52. The molecule has 126 valence electrons. The van der Waals surface area contributed by atoms with E-state index >= 15 is 0 Å². The highest BCUT2D eigenvalue weighted by molar-refractivity contribution is 6.49. The molecule has 3 aromatic rings. The maximum Gasteiger partial charge on any atom is 0.229 e. The minimum Gasteiger partial charge on any atom is -0.545 e. The summed E-state index contributed by atoms with van der Waals surface area (Å²) in [6.07, 6.45) is 5.08. The first kappa shape index (κ1) is 17.0. The van der Waals surface area contributed by atoms with Crippen LogP contribution < -0.4 is 4.43 Å². The number of benzene rings is 2. The lowest BCUT2D eigenvalue weighted by Crippen LogP contribution is -2.12. The van der Waals surface area contributed by atoms with Gasteiger partial charge in [-0.15, -0.1) is 0 Å². The van der Waals surface area contributed by atoms with E-state index in [1.165, 1.54) is 0 Å². The number of rotatable bonds is 5. The standard InChI is InChI=1S/C20H21N3OSi/c1-15-8-7-11-17(20(15)24-25(2)3)23-19(16-9-5-4-6-10-16)18-14-21-12-13-22-18/h4-14,25H,1-3H3. The summed E-state index contributed by atoms with van der Waals surface area (Å²) in [5.74, 6) is 0.862. The van der Waals surface area contributed by atoms with E-state index in [1.54, 1.807) is 18.6 Å². The maximum atomic E-state index is 6.14. The molecule has 0 aliphatic heterocycles. The second kappa shape index (κ2) is 7.85. The van der Waals surface area contributed by atoms with Gasteiger partial charge in [0.05, 0.1) is 11.9 Å². The van der Waals surface area contributed by atoms with Crippen LogP contribution in [0.25, 0.3) is 0 Å². The lowest BCUT2D eigenvalue weighted by atomic mass is 10.1. The maximum absolute atomic E-state index is 6.14. The quantitative estimate of drug-likeness (QED) is 0.510. The van der Waals surface area contributed by atoms with Crippen LogP contribution in [0.2, 0.25) is 13.1 Å². The van der Waals surface area contributed by atoms with Gasteiger partial charge in [-0.1, -0.05) is 42.5 Å². The Bertz CT molecular complexity index is 823. The topological polar surface area (TPSA) is 47.4 Å². The molecule has 2 aromatic carbocycles. The summed E-state index contributed by atoms with van der Waals surface area (Å²) < 4.78 is 6.14. The second-order valence-electron chi connectivity index (χ2n) is 6.01. The minimum absolute atomic E-state index is 0.739. The van der Waals surface area contributed by atoms with Gasteiger partial charge < -0.3 is 4.43 Å². The molecule has 0 aliphatic carbocycles. The monoisotopic (exact) mass is 347 g/mol. The lowest BCUT2D eigenvalue weighted by Gasteiger charge is -2.15. The van der Waals surface area contributed by atoms with Gasteiger partial charge in [-0.2, -0.15) is 0 Å². The molecule has 0 atom stereocenters. The van der Waals surface area contributed by atoms with Gasteiger partial charge in [-0.05, 0) is 31.6 Å². The van der Waals surface area contributed by atoms with Gasteiger partial charge in [-0.3, -0.25) is 9.97 Å². The third kappa shape index (κ3) is 4.19. The van der Waals surface area contributed by atoms with Crippen LogP contribution in [0.1, 0.15) is 16.8 Å². The molecule has 0 aliphatic rings. The number of aryl methyl sites for hydroxylation is 1. The molecule has 0 N–H and O–H groups in total. The smallest absolute Gasteiger partial charge is 0.229 e. The average Bonchev–Trinajstić information content (AvgIpc) is 2.63. The summed E-state index contributed by atoms with van der Waals surface area (Å²) in [5.41, 5.74) is 4.44. The molecule has 1 heterocycles. The molecule has 0 fully saturated rings. The fourth-order valence-corrected chi connectivity index (χ4v) is 3.30. The molecule has 5 heteroatoms. The molecule has 25 heavy (non-hydrogen) atoms. The van der Waals surface area contributed by atoms with Crippen LogP contribution >= 0.6 is 0 Å². The lowest BCUT2D eigenvalue weighted by molar-refractivity contribution is 0.577. The van der Waals surface area contributed by atoms with Crippen molar-refractivity contribution in [2.45, 2.75) is 20.0 Å². The summed E-state index contributed by atoms with van der Waals surface area (Å²) in [6.45, 7) is 6.36. The van der Waals surface area contributed by atoms with E-state index in [9.17, 15) is 0 Å². The number of hydrogen-bond acceptors (Lipinski definition) is 4. The molecule has 0 bridgehead atoms. The van der Waals surface area contributed by atoms with E-state index in [1.807, 2.05) is 42.5 Å². The number of hydrogen-bond donors (Lipinski definition) is 0.